The van der Waals surface area contributed by atoms with E-state index in [0.717, 1.165) is 5.56 Å². The third-order valence-electron chi connectivity index (χ3n) is 1.55. The van der Waals surface area contributed by atoms with Crippen molar-refractivity contribution in [3.63, 3.8) is 0 Å². The zero-order valence-corrected chi connectivity index (χ0v) is 6.97. The molecule has 0 bridgehead atoms. The van der Waals surface area contributed by atoms with E-state index in [-0.39, 0.29) is 11.1 Å². The normalized spacial score (nSPS) is 12.9. The third kappa shape index (κ3) is 1.57. The minimum atomic E-state index is -0.165. The molecule has 3 heteroatoms. The summed E-state index contributed by atoms with van der Waals surface area (Å²) in [6, 6.07) is 5.06. The number of alkyl halides is 1. The maximum atomic E-state index is 9.17. The molecule has 0 aromatic heterocycles. The van der Waals surface area contributed by atoms with E-state index in [9.17, 15) is 0 Å². The summed E-state index contributed by atoms with van der Waals surface area (Å²) in [5, 5.41) is 9.00. The molecule has 0 radical (unpaired) electrons. The summed E-state index contributed by atoms with van der Waals surface area (Å²) in [5.74, 6) is 0.0926. The smallest absolute Gasteiger partial charge is 0.138 e. The highest BCUT2D eigenvalue weighted by Crippen LogP contribution is 2.31. The molecule has 0 aliphatic carbocycles. The van der Waals surface area contributed by atoms with Crippen molar-refractivity contribution >= 4 is 17.3 Å². The van der Waals surface area contributed by atoms with Gasteiger partial charge in [0.2, 0.25) is 0 Å². The maximum absolute atomic E-state index is 9.17. The van der Waals surface area contributed by atoms with Crippen LogP contribution >= 0.6 is 11.6 Å². The lowest BCUT2D eigenvalue weighted by atomic mass is 10.1. The highest BCUT2D eigenvalue weighted by Gasteiger charge is 2.07. The number of phenolic OH excluding ortho intramolecular Hbond substituents is 1. The Hall–Kier alpha value is -0.890. The summed E-state index contributed by atoms with van der Waals surface area (Å²) in [4.78, 5) is 0. The Labute approximate surface area is 70.6 Å². The highest BCUT2D eigenvalue weighted by atomic mass is 35.5. The molecule has 1 aromatic carbocycles. The molecular formula is C8H10ClNO. The van der Waals surface area contributed by atoms with Crippen LogP contribution in [0.25, 0.3) is 0 Å². The fourth-order valence-electron chi connectivity index (χ4n) is 0.917. The summed E-state index contributed by atoms with van der Waals surface area (Å²) in [5.41, 5.74) is 6.69. The van der Waals surface area contributed by atoms with Crippen molar-refractivity contribution in [3.05, 3.63) is 23.8 Å². The molecule has 1 unspecified atom stereocenters. The van der Waals surface area contributed by atoms with Gasteiger partial charge < -0.3 is 10.8 Å². The summed E-state index contributed by atoms with van der Waals surface area (Å²) >= 11 is 5.79. The first kappa shape index (κ1) is 8.21. The molecule has 0 amide bonds. The van der Waals surface area contributed by atoms with Gasteiger partial charge in [-0.15, -0.1) is 11.6 Å². The van der Waals surface area contributed by atoms with Crippen LogP contribution in [0.4, 0.5) is 5.69 Å². The van der Waals surface area contributed by atoms with Crippen LogP contribution in [-0.2, 0) is 0 Å². The monoisotopic (exact) mass is 171 g/mol. The Morgan fingerprint density at radius 2 is 2.18 bits per heavy atom. The minimum absolute atomic E-state index is 0.0926. The second-order valence-electron chi connectivity index (χ2n) is 2.40. The van der Waals surface area contributed by atoms with Crippen LogP contribution in [0.1, 0.15) is 17.9 Å². The summed E-state index contributed by atoms with van der Waals surface area (Å²) in [6.07, 6.45) is 0. The fraction of sp³-hybridized carbons (Fsp3) is 0.250. The van der Waals surface area contributed by atoms with Crippen molar-refractivity contribution in [2.75, 3.05) is 5.73 Å². The fourth-order valence-corrected chi connectivity index (χ4v) is 1.11. The van der Waals surface area contributed by atoms with E-state index in [1.807, 2.05) is 6.92 Å². The SMILES string of the molecule is CC(Cl)c1cccc(O)c1N. The van der Waals surface area contributed by atoms with E-state index >= 15 is 0 Å². The topological polar surface area (TPSA) is 46.2 Å². The van der Waals surface area contributed by atoms with Crippen molar-refractivity contribution < 1.29 is 5.11 Å². The van der Waals surface area contributed by atoms with E-state index in [2.05, 4.69) is 0 Å². The number of para-hydroxylation sites is 1. The molecule has 1 atom stereocenters. The van der Waals surface area contributed by atoms with Gasteiger partial charge in [0.1, 0.15) is 5.75 Å². The van der Waals surface area contributed by atoms with Crippen LogP contribution in [0, 0.1) is 0 Å². The number of aromatic hydroxyl groups is 1. The molecule has 2 nitrogen and oxygen atoms in total. The summed E-state index contributed by atoms with van der Waals surface area (Å²) in [6.45, 7) is 1.81. The van der Waals surface area contributed by atoms with Gasteiger partial charge in [0.05, 0.1) is 11.1 Å². The van der Waals surface area contributed by atoms with Gasteiger partial charge in [-0.05, 0) is 18.6 Å². The van der Waals surface area contributed by atoms with Gasteiger partial charge in [-0.2, -0.15) is 0 Å². The number of halogens is 1. The van der Waals surface area contributed by atoms with Gasteiger partial charge >= 0.3 is 0 Å². The number of benzene rings is 1. The average molecular weight is 172 g/mol. The van der Waals surface area contributed by atoms with Crippen molar-refractivity contribution in [3.8, 4) is 5.75 Å². The number of nitrogen functional groups attached to an aromatic ring is 1. The lowest BCUT2D eigenvalue weighted by Crippen LogP contribution is -1.94. The Balaban J connectivity index is 3.17. The van der Waals surface area contributed by atoms with Crippen molar-refractivity contribution in [2.45, 2.75) is 12.3 Å². The Kier molecular flexibility index (Phi) is 2.25. The van der Waals surface area contributed by atoms with Gasteiger partial charge in [-0.1, -0.05) is 12.1 Å². The molecule has 0 aliphatic heterocycles. The largest absolute Gasteiger partial charge is 0.506 e. The molecule has 3 N–H and O–H groups in total. The number of hydrogen-bond acceptors (Lipinski definition) is 2. The molecule has 11 heavy (non-hydrogen) atoms. The minimum Gasteiger partial charge on any atom is -0.506 e. The lowest BCUT2D eigenvalue weighted by molar-refractivity contribution is 0.477. The lowest BCUT2D eigenvalue weighted by Gasteiger charge is -2.07. The zero-order valence-electron chi connectivity index (χ0n) is 6.21. The van der Waals surface area contributed by atoms with Crippen molar-refractivity contribution in [1.82, 2.24) is 0 Å². The number of nitrogens with two attached hydrogens (primary N) is 1. The van der Waals surface area contributed by atoms with Gasteiger partial charge in [-0.3, -0.25) is 0 Å². The first-order chi connectivity index (χ1) is 5.13. The summed E-state index contributed by atoms with van der Waals surface area (Å²) in [7, 11) is 0. The average Bonchev–Trinajstić information content (AvgIpc) is 1.94. The van der Waals surface area contributed by atoms with Crippen LogP contribution in [0.5, 0.6) is 5.75 Å². The summed E-state index contributed by atoms with van der Waals surface area (Å²) < 4.78 is 0. The van der Waals surface area contributed by atoms with E-state index < -0.39 is 0 Å². The Morgan fingerprint density at radius 3 is 2.64 bits per heavy atom. The van der Waals surface area contributed by atoms with Crippen LogP contribution in [0.15, 0.2) is 18.2 Å². The van der Waals surface area contributed by atoms with Crippen LogP contribution in [0.3, 0.4) is 0 Å². The molecule has 0 saturated heterocycles. The van der Waals surface area contributed by atoms with Gasteiger partial charge in [0.25, 0.3) is 0 Å². The number of anilines is 1. The van der Waals surface area contributed by atoms with Gasteiger partial charge in [-0.25, -0.2) is 0 Å². The maximum Gasteiger partial charge on any atom is 0.138 e. The van der Waals surface area contributed by atoms with Crippen LogP contribution in [-0.4, -0.2) is 5.11 Å². The van der Waals surface area contributed by atoms with Crippen molar-refractivity contribution in [1.29, 1.82) is 0 Å². The molecule has 1 aromatic rings. The van der Waals surface area contributed by atoms with Gasteiger partial charge in [0.15, 0.2) is 0 Å². The second kappa shape index (κ2) is 3.01. The quantitative estimate of drug-likeness (QED) is 0.387. The van der Waals surface area contributed by atoms with Crippen LogP contribution in [0.2, 0.25) is 0 Å². The zero-order chi connectivity index (χ0) is 8.43. The molecule has 0 aliphatic rings. The molecule has 60 valence electrons. The molecule has 1 rings (SSSR count). The van der Waals surface area contributed by atoms with E-state index in [0.29, 0.717) is 5.69 Å². The molecule has 0 heterocycles. The number of hydrogen-bond donors (Lipinski definition) is 2. The van der Waals surface area contributed by atoms with E-state index in [1.54, 1.807) is 12.1 Å². The highest BCUT2D eigenvalue weighted by molar-refractivity contribution is 6.21. The third-order valence-corrected chi connectivity index (χ3v) is 1.78. The molecule has 0 fully saturated rings. The number of phenols is 1. The molecule has 0 spiro atoms. The Morgan fingerprint density at radius 1 is 1.55 bits per heavy atom. The molecule has 0 saturated carbocycles. The van der Waals surface area contributed by atoms with E-state index in [4.69, 9.17) is 22.4 Å². The van der Waals surface area contributed by atoms with Crippen LogP contribution < -0.4 is 5.73 Å². The standard InChI is InChI=1S/C8H10ClNO/c1-5(9)6-3-2-4-7(11)8(6)10/h2-5,11H,10H2,1H3. The van der Waals surface area contributed by atoms with Gasteiger partial charge in [0, 0.05) is 0 Å². The van der Waals surface area contributed by atoms with Crippen molar-refractivity contribution in [2.24, 2.45) is 0 Å². The number of rotatable bonds is 1. The van der Waals surface area contributed by atoms with E-state index in [1.165, 1.54) is 6.07 Å². The first-order valence-electron chi connectivity index (χ1n) is 3.34. The first-order valence-corrected chi connectivity index (χ1v) is 3.78. The molecular weight excluding hydrogens is 162 g/mol. The predicted octanol–water partition coefficient (Wildman–Crippen LogP) is 2.27. The Bertz CT molecular complexity index is 260. The predicted molar refractivity (Wildman–Crippen MR) is 46.8 cm³/mol. The second-order valence-corrected chi connectivity index (χ2v) is 3.05.